The van der Waals surface area contributed by atoms with Gasteiger partial charge in [0, 0.05) is 13.0 Å². The molecule has 0 saturated carbocycles. The molecule has 0 fully saturated rings. The third kappa shape index (κ3) is 3.62. The van der Waals surface area contributed by atoms with Crippen LogP contribution in [0.1, 0.15) is 17.3 Å². The number of sulfonamides is 1. The largest absolute Gasteiger partial charge is 0.392 e. The summed E-state index contributed by atoms with van der Waals surface area (Å²) in [4.78, 5) is 4.10. The second kappa shape index (κ2) is 6.12. The van der Waals surface area contributed by atoms with E-state index in [2.05, 4.69) is 14.9 Å². The fourth-order valence-electron chi connectivity index (χ4n) is 1.63. The summed E-state index contributed by atoms with van der Waals surface area (Å²) in [5.41, 5.74) is 0.542. The number of aromatic nitrogens is 2. The van der Waals surface area contributed by atoms with Gasteiger partial charge in [0.2, 0.25) is 15.9 Å². The molecule has 2 N–H and O–H groups in total. The Hall–Kier alpha value is -1.77. The number of aryl methyl sites for hydroxylation is 1. The van der Waals surface area contributed by atoms with Crippen LogP contribution in [0.25, 0.3) is 0 Å². The Kier molecular flexibility index (Phi) is 4.48. The Morgan fingerprint density at radius 2 is 2.20 bits per heavy atom. The van der Waals surface area contributed by atoms with Gasteiger partial charge in [0.1, 0.15) is 0 Å². The second-order valence-electron chi connectivity index (χ2n) is 4.19. The smallest absolute Gasteiger partial charge is 0.240 e. The van der Waals surface area contributed by atoms with Crippen LogP contribution >= 0.6 is 0 Å². The van der Waals surface area contributed by atoms with Crippen molar-refractivity contribution in [3.8, 4) is 0 Å². The molecule has 0 radical (unpaired) electrons. The maximum atomic E-state index is 12.0. The molecule has 1 aromatic carbocycles. The van der Waals surface area contributed by atoms with Crippen LogP contribution in [0.2, 0.25) is 0 Å². The second-order valence-corrected chi connectivity index (χ2v) is 5.96. The van der Waals surface area contributed by atoms with Crippen molar-refractivity contribution in [2.45, 2.75) is 24.8 Å². The molecule has 8 heteroatoms. The van der Waals surface area contributed by atoms with Crippen LogP contribution in [0.3, 0.4) is 0 Å². The van der Waals surface area contributed by atoms with E-state index in [-0.39, 0.29) is 18.0 Å². The summed E-state index contributed by atoms with van der Waals surface area (Å²) in [7, 11) is -3.61. The number of benzene rings is 1. The van der Waals surface area contributed by atoms with E-state index in [9.17, 15) is 8.42 Å². The maximum Gasteiger partial charge on any atom is 0.240 e. The molecule has 0 aliphatic heterocycles. The predicted octanol–water partition coefficient (Wildman–Crippen LogP) is 0.391. The summed E-state index contributed by atoms with van der Waals surface area (Å²) in [6.45, 7) is 1.65. The van der Waals surface area contributed by atoms with E-state index in [1.165, 1.54) is 12.1 Å². The lowest BCUT2D eigenvalue weighted by atomic mass is 10.2. The Bertz CT molecular complexity index is 682. The van der Waals surface area contributed by atoms with Gasteiger partial charge in [-0.3, -0.25) is 0 Å². The van der Waals surface area contributed by atoms with Crippen molar-refractivity contribution in [1.29, 1.82) is 0 Å². The lowest BCUT2D eigenvalue weighted by Gasteiger charge is -2.06. The Balaban J connectivity index is 2.00. The van der Waals surface area contributed by atoms with Gasteiger partial charge >= 0.3 is 0 Å². The van der Waals surface area contributed by atoms with Crippen LogP contribution in [0.5, 0.6) is 0 Å². The van der Waals surface area contributed by atoms with Crippen LogP contribution < -0.4 is 4.72 Å². The van der Waals surface area contributed by atoms with Crippen molar-refractivity contribution in [3.05, 3.63) is 41.5 Å². The summed E-state index contributed by atoms with van der Waals surface area (Å²) in [5, 5.41) is 12.6. The molecule has 0 saturated heterocycles. The highest BCUT2D eigenvalue weighted by molar-refractivity contribution is 7.89. The van der Waals surface area contributed by atoms with Crippen LogP contribution in [0.15, 0.2) is 33.7 Å². The number of rotatable bonds is 6. The van der Waals surface area contributed by atoms with Crippen molar-refractivity contribution < 1.29 is 18.0 Å². The summed E-state index contributed by atoms with van der Waals surface area (Å²) in [6, 6.07) is 6.14. The topological polar surface area (TPSA) is 105 Å². The van der Waals surface area contributed by atoms with E-state index in [0.717, 1.165) is 0 Å². The van der Waals surface area contributed by atoms with Crippen molar-refractivity contribution in [1.82, 2.24) is 14.9 Å². The van der Waals surface area contributed by atoms with E-state index in [1.807, 2.05) is 0 Å². The summed E-state index contributed by atoms with van der Waals surface area (Å²) < 4.78 is 31.4. The van der Waals surface area contributed by atoms with Gasteiger partial charge < -0.3 is 9.63 Å². The third-order valence-electron chi connectivity index (χ3n) is 2.59. The highest BCUT2D eigenvalue weighted by Gasteiger charge is 2.14. The molecular formula is C12H15N3O4S. The van der Waals surface area contributed by atoms with Crippen LogP contribution in [0, 0.1) is 6.92 Å². The standard InChI is InChI=1S/C12H15N3O4S/c1-9-14-12(19-15-9)5-6-13-20(17,18)11-4-2-3-10(7-11)8-16/h2-4,7,13,16H,5-6,8H2,1H3. The number of hydrogen-bond acceptors (Lipinski definition) is 6. The van der Waals surface area contributed by atoms with Gasteiger partial charge in [0.25, 0.3) is 0 Å². The van der Waals surface area contributed by atoms with Gasteiger partial charge in [-0.05, 0) is 24.6 Å². The zero-order valence-corrected chi connectivity index (χ0v) is 11.7. The van der Waals surface area contributed by atoms with Gasteiger partial charge in [-0.15, -0.1) is 0 Å². The molecule has 0 aliphatic rings. The normalized spacial score (nSPS) is 11.7. The first-order valence-electron chi connectivity index (χ1n) is 6.00. The van der Waals surface area contributed by atoms with Crippen LogP contribution in [-0.4, -0.2) is 30.2 Å². The number of aliphatic hydroxyl groups is 1. The average molecular weight is 297 g/mol. The Labute approximate surface area is 116 Å². The first kappa shape index (κ1) is 14.6. The van der Waals surface area contributed by atoms with Crippen molar-refractivity contribution in [3.63, 3.8) is 0 Å². The Morgan fingerprint density at radius 1 is 1.40 bits per heavy atom. The molecule has 0 aliphatic carbocycles. The number of hydrogen-bond donors (Lipinski definition) is 2. The minimum atomic E-state index is -3.61. The van der Waals surface area contributed by atoms with Crippen LogP contribution in [-0.2, 0) is 23.1 Å². The SMILES string of the molecule is Cc1noc(CCNS(=O)(=O)c2cccc(CO)c2)n1. The number of nitrogens with one attached hydrogen (secondary N) is 1. The highest BCUT2D eigenvalue weighted by atomic mass is 32.2. The minimum absolute atomic E-state index is 0.116. The molecule has 0 unspecified atom stereocenters. The molecule has 1 heterocycles. The van der Waals surface area contributed by atoms with Gasteiger partial charge in [0.15, 0.2) is 5.82 Å². The number of aliphatic hydroxyl groups excluding tert-OH is 1. The van der Waals surface area contributed by atoms with Crippen molar-refractivity contribution >= 4 is 10.0 Å². The van der Waals surface area contributed by atoms with Crippen molar-refractivity contribution in [2.75, 3.05) is 6.54 Å². The van der Waals surface area contributed by atoms with Gasteiger partial charge in [-0.2, -0.15) is 4.98 Å². The first-order valence-corrected chi connectivity index (χ1v) is 7.48. The molecule has 0 bridgehead atoms. The molecule has 1 aromatic heterocycles. The molecule has 0 spiro atoms. The summed E-state index contributed by atoms with van der Waals surface area (Å²) in [5.74, 6) is 0.896. The number of nitrogens with zero attached hydrogens (tertiary/aromatic N) is 2. The molecule has 2 rings (SSSR count). The molecule has 0 atom stereocenters. The van der Waals surface area contributed by atoms with E-state index in [4.69, 9.17) is 9.63 Å². The van der Waals surface area contributed by atoms with E-state index >= 15 is 0 Å². The quantitative estimate of drug-likeness (QED) is 0.799. The summed E-state index contributed by atoms with van der Waals surface area (Å²) >= 11 is 0. The lowest BCUT2D eigenvalue weighted by molar-refractivity contribution is 0.281. The van der Waals surface area contributed by atoms with E-state index < -0.39 is 10.0 Å². The molecular weight excluding hydrogens is 282 g/mol. The fourth-order valence-corrected chi connectivity index (χ4v) is 2.73. The highest BCUT2D eigenvalue weighted by Crippen LogP contribution is 2.11. The molecule has 0 amide bonds. The first-order chi connectivity index (χ1) is 9.51. The minimum Gasteiger partial charge on any atom is -0.392 e. The van der Waals surface area contributed by atoms with E-state index in [1.54, 1.807) is 19.1 Å². The van der Waals surface area contributed by atoms with Gasteiger partial charge in [-0.25, -0.2) is 13.1 Å². The third-order valence-corrected chi connectivity index (χ3v) is 4.05. The molecule has 108 valence electrons. The van der Waals surface area contributed by atoms with Crippen molar-refractivity contribution in [2.24, 2.45) is 0 Å². The summed E-state index contributed by atoms with van der Waals surface area (Å²) in [6.07, 6.45) is 0.319. The lowest BCUT2D eigenvalue weighted by Crippen LogP contribution is -2.26. The van der Waals surface area contributed by atoms with Gasteiger partial charge in [0.05, 0.1) is 11.5 Å². The zero-order valence-electron chi connectivity index (χ0n) is 10.9. The maximum absolute atomic E-state index is 12.0. The molecule has 2 aromatic rings. The zero-order chi connectivity index (χ0) is 14.6. The van der Waals surface area contributed by atoms with E-state index in [0.29, 0.717) is 23.7 Å². The molecule has 20 heavy (non-hydrogen) atoms. The van der Waals surface area contributed by atoms with Crippen LogP contribution in [0.4, 0.5) is 0 Å². The van der Waals surface area contributed by atoms with Gasteiger partial charge in [-0.1, -0.05) is 17.3 Å². The molecule has 7 nitrogen and oxygen atoms in total. The Morgan fingerprint density at radius 3 is 2.85 bits per heavy atom. The fraction of sp³-hybridized carbons (Fsp3) is 0.333. The predicted molar refractivity (Wildman–Crippen MR) is 70.3 cm³/mol. The monoisotopic (exact) mass is 297 g/mol. The average Bonchev–Trinajstić information content (AvgIpc) is 2.84.